The van der Waals surface area contributed by atoms with Crippen LogP contribution in [0.4, 0.5) is 17.6 Å². The Labute approximate surface area is 123 Å². The van der Waals surface area contributed by atoms with Crippen LogP contribution in [0.25, 0.3) is 17.2 Å². The fourth-order valence-electron chi connectivity index (χ4n) is 1.81. The Morgan fingerprint density at radius 1 is 1.10 bits per heavy atom. The largest absolute Gasteiger partial charge is 0.573 e. The molecule has 2 aromatic rings. The number of benzene rings is 2. The molecule has 2 rings (SSSR count). The molecule has 2 aromatic carbocycles. The van der Waals surface area contributed by atoms with E-state index in [0.717, 1.165) is 6.07 Å². The van der Waals surface area contributed by atoms with Gasteiger partial charge in [0.05, 0.1) is 0 Å². The van der Waals surface area contributed by atoms with E-state index in [0.29, 0.717) is 11.1 Å². The lowest BCUT2D eigenvalue weighted by Gasteiger charge is -2.13. The maximum atomic E-state index is 13.3. The zero-order chi connectivity index (χ0) is 15.6. The van der Waals surface area contributed by atoms with Crippen LogP contribution in [-0.2, 0) is 0 Å². The third-order valence-electron chi connectivity index (χ3n) is 2.69. The molecule has 0 heterocycles. The normalized spacial score (nSPS) is 11.3. The summed E-state index contributed by atoms with van der Waals surface area (Å²) in [4.78, 5) is 0. The molecule has 0 aromatic heterocycles. The van der Waals surface area contributed by atoms with Gasteiger partial charge in [0, 0.05) is 16.1 Å². The monoisotopic (exact) mass is 316 g/mol. The molecule has 21 heavy (non-hydrogen) atoms. The summed E-state index contributed by atoms with van der Waals surface area (Å²) in [5, 5.41) is 0.288. The molecule has 110 valence electrons. The lowest BCUT2D eigenvalue weighted by Crippen LogP contribution is -2.17. The Kier molecular flexibility index (Phi) is 4.23. The Morgan fingerprint density at radius 2 is 1.81 bits per heavy atom. The molecular weight excluding hydrogens is 308 g/mol. The van der Waals surface area contributed by atoms with Gasteiger partial charge in [-0.1, -0.05) is 30.3 Å². The minimum Gasteiger partial charge on any atom is -0.405 e. The van der Waals surface area contributed by atoms with Gasteiger partial charge >= 0.3 is 6.36 Å². The van der Waals surface area contributed by atoms with Crippen LogP contribution in [0, 0.1) is 5.82 Å². The molecular formula is C15H9ClF4O. The summed E-state index contributed by atoms with van der Waals surface area (Å²) in [5.74, 6) is -0.876. The summed E-state index contributed by atoms with van der Waals surface area (Å²) >= 11 is 5.97. The van der Waals surface area contributed by atoms with E-state index in [9.17, 15) is 17.6 Å². The van der Waals surface area contributed by atoms with Gasteiger partial charge in [0.1, 0.15) is 11.6 Å². The fraction of sp³-hybridized carbons (Fsp3) is 0.0667. The van der Waals surface area contributed by atoms with Gasteiger partial charge in [-0.25, -0.2) is 4.39 Å². The molecule has 0 atom stereocenters. The zero-order valence-electron chi connectivity index (χ0n) is 10.5. The minimum atomic E-state index is -4.80. The van der Waals surface area contributed by atoms with Crippen molar-refractivity contribution in [3.8, 4) is 16.9 Å². The first-order valence-corrected chi connectivity index (χ1v) is 6.15. The molecule has 0 radical (unpaired) electrons. The highest BCUT2D eigenvalue weighted by molar-refractivity contribution is 6.33. The third-order valence-corrected chi connectivity index (χ3v) is 3.02. The lowest BCUT2D eigenvalue weighted by atomic mass is 10.0. The molecule has 0 N–H and O–H groups in total. The number of halogens is 5. The highest BCUT2D eigenvalue weighted by Gasteiger charge is 2.31. The topological polar surface area (TPSA) is 9.23 Å². The van der Waals surface area contributed by atoms with Crippen molar-refractivity contribution >= 4 is 17.7 Å². The van der Waals surface area contributed by atoms with Gasteiger partial charge in [0.2, 0.25) is 0 Å². The summed E-state index contributed by atoms with van der Waals surface area (Å²) < 4.78 is 54.0. The highest BCUT2D eigenvalue weighted by Crippen LogP contribution is 2.34. The van der Waals surface area contributed by atoms with Crippen LogP contribution >= 0.6 is 11.6 Å². The van der Waals surface area contributed by atoms with Crippen LogP contribution in [0.3, 0.4) is 0 Å². The molecule has 0 saturated carbocycles. The maximum Gasteiger partial charge on any atom is 0.573 e. The molecule has 0 spiro atoms. The standard InChI is InChI=1S/C15H9ClF4O/c1-2-9-7-10(3-6-14(9)21-15(18,19)20)12-8-11(17)4-5-13(12)16/h2-8H,1H2. The minimum absolute atomic E-state index is 0.130. The Balaban J connectivity index is 2.48. The number of ether oxygens (including phenoxy) is 1. The Hall–Kier alpha value is -2.01. The number of alkyl halides is 3. The summed E-state index contributed by atoms with van der Waals surface area (Å²) in [6.45, 7) is 3.44. The van der Waals surface area contributed by atoms with E-state index in [1.165, 1.54) is 36.4 Å². The molecule has 0 saturated heterocycles. The average Bonchev–Trinajstić information content (AvgIpc) is 2.40. The smallest absolute Gasteiger partial charge is 0.405 e. The molecule has 0 bridgehead atoms. The van der Waals surface area contributed by atoms with Crippen LogP contribution in [0.2, 0.25) is 5.02 Å². The van der Waals surface area contributed by atoms with E-state index in [2.05, 4.69) is 11.3 Å². The zero-order valence-corrected chi connectivity index (χ0v) is 11.3. The fourth-order valence-corrected chi connectivity index (χ4v) is 2.04. The molecule has 6 heteroatoms. The second-order valence-corrected chi connectivity index (χ2v) is 4.54. The van der Waals surface area contributed by atoms with E-state index in [1.807, 2.05) is 0 Å². The van der Waals surface area contributed by atoms with E-state index in [4.69, 9.17) is 11.6 Å². The van der Waals surface area contributed by atoms with E-state index in [1.54, 1.807) is 0 Å². The molecule has 0 aliphatic heterocycles. The first-order chi connectivity index (χ1) is 9.80. The summed E-state index contributed by atoms with van der Waals surface area (Å²) in [5.41, 5.74) is 0.965. The van der Waals surface area contributed by atoms with Crippen LogP contribution in [0.1, 0.15) is 5.56 Å². The van der Waals surface area contributed by atoms with Crippen molar-refractivity contribution in [2.45, 2.75) is 6.36 Å². The van der Waals surface area contributed by atoms with Crippen molar-refractivity contribution in [1.82, 2.24) is 0 Å². The van der Waals surface area contributed by atoms with E-state index in [-0.39, 0.29) is 16.3 Å². The molecule has 0 aliphatic carbocycles. The third kappa shape index (κ3) is 3.76. The van der Waals surface area contributed by atoms with Crippen molar-refractivity contribution in [2.24, 2.45) is 0 Å². The summed E-state index contributed by atoms with van der Waals surface area (Å²) in [6.07, 6.45) is -3.58. The second kappa shape index (κ2) is 5.77. The molecule has 0 unspecified atom stereocenters. The van der Waals surface area contributed by atoms with Crippen LogP contribution in [0.15, 0.2) is 43.0 Å². The van der Waals surface area contributed by atoms with Gasteiger partial charge in [-0.15, -0.1) is 13.2 Å². The van der Waals surface area contributed by atoms with Crippen molar-refractivity contribution in [3.63, 3.8) is 0 Å². The molecule has 1 nitrogen and oxygen atoms in total. The lowest BCUT2D eigenvalue weighted by molar-refractivity contribution is -0.274. The SMILES string of the molecule is C=Cc1cc(-c2cc(F)ccc2Cl)ccc1OC(F)(F)F. The first-order valence-electron chi connectivity index (χ1n) is 5.78. The van der Waals surface area contributed by atoms with Gasteiger partial charge in [-0.3, -0.25) is 0 Å². The Bertz CT molecular complexity index is 680. The first kappa shape index (κ1) is 15.4. The van der Waals surface area contributed by atoms with Crippen LogP contribution in [0.5, 0.6) is 5.75 Å². The van der Waals surface area contributed by atoms with Crippen molar-refractivity contribution < 1.29 is 22.3 Å². The summed E-state index contributed by atoms with van der Waals surface area (Å²) in [7, 11) is 0. The highest BCUT2D eigenvalue weighted by atomic mass is 35.5. The average molecular weight is 317 g/mol. The van der Waals surface area contributed by atoms with Crippen molar-refractivity contribution in [1.29, 1.82) is 0 Å². The molecule has 0 aliphatic rings. The van der Waals surface area contributed by atoms with E-state index >= 15 is 0 Å². The van der Waals surface area contributed by atoms with Gasteiger partial charge in [-0.2, -0.15) is 0 Å². The van der Waals surface area contributed by atoms with Crippen molar-refractivity contribution in [2.75, 3.05) is 0 Å². The van der Waals surface area contributed by atoms with Gasteiger partial charge in [0.25, 0.3) is 0 Å². The molecule has 0 fully saturated rings. The van der Waals surface area contributed by atoms with Gasteiger partial charge in [0.15, 0.2) is 0 Å². The van der Waals surface area contributed by atoms with Gasteiger partial charge in [-0.05, 0) is 35.9 Å². The van der Waals surface area contributed by atoms with Crippen LogP contribution < -0.4 is 4.74 Å². The number of hydrogen-bond acceptors (Lipinski definition) is 1. The molecule has 0 amide bonds. The number of hydrogen-bond donors (Lipinski definition) is 0. The Morgan fingerprint density at radius 3 is 2.43 bits per heavy atom. The predicted octanol–water partition coefficient (Wildman–Crippen LogP) is 5.69. The summed E-state index contributed by atoms with van der Waals surface area (Å²) in [6, 6.07) is 7.68. The predicted molar refractivity (Wildman–Crippen MR) is 73.6 cm³/mol. The quantitative estimate of drug-likeness (QED) is 0.661. The number of rotatable bonds is 3. The maximum absolute atomic E-state index is 13.3. The van der Waals surface area contributed by atoms with E-state index < -0.39 is 12.2 Å². The van der Waals surface area contributed by atoms with Crippen LogP contribution in [-0.4, -0.2) is 6.36 Å². The van der Waals surface area contributed by atoms with Gasteiger partial charge < -0.3 is 4.74 Å². The second-order valence-electron chi connectivity index (χ2n) is 4.13. The van der Waals surface area contributed by atoms with Crippen molar-refractivity contribution in [3.05, 3.63) is 59.4 Å².